The van der Waals surface area contributed by atoms with Crippen LogP contribution in [0.1, 0.15) is 10.4 Å². The first-order valence-electron chi connectivity index (χ1n) is 6.03. The lowest BCUT2D eigenvalue weighted by molar-refractivity contribution is 0.0696. The molecule has 1 aromatic heterocycles. The predicted octanol–water partition coefficient (Wildman–Crippen LogP) is 4.25. The van der Waals surface area contributed by atoms with Gasteiger partial charge in [0, 0.05) is 28.4 Å². The number of rotatable bonds is 2. The van der Waals surface area contributed by atoms with Crippen LogP contribution >= 0.6 is 11.6 Å². The zero-order valence-electron chi connectivity index (χ0n) is 10.4. The molecule has 3 rings (SSSR count). The second-order valence-corrected chi connectivity index (χ2v) is 4.82. The quantitative estimate of drug-likeness (QED) is 0.765. The number of nitrogens with zero attached hydrogens (tertiary/aromatic N) is 1. The second kappa shape index (κ2) is 4.94. The highest BCUT2D eigenvalue weighted by atomic mass is 35.5. The molecule has 0 aliphatic carbocycles. The maximum absolute atomic E-state index is 11.0. The van der Waals surface area contributed by atoms with Crippen LogP contribution in [-0.4, -0.2) is 16.1 Å². The Morgan fingerprint density at radius 3 is 2.55 bits per heavy atom. The number of carbonyl (C=O) groups is 1. The summed E-state index contributed by atoms with van der Waals surface area (Å²) in [5.41, 5.74) is 1.85. The Kier molecular flexibility index (Phi) is 3.12. The summed E-state index contributed by atoms with van der Waals surface area (Å²) in [6.45, 7) is 0. The molecule has 0 bridgehead atoms. The van der Waals surface area contributed by atoms with Crippen molar-refractivity contribution in [3.63, 3.8) is 0 Å². The first-order valence-corrected chi connectivity index (χ1v) is 6.40. The number of aromatic nitrogens is 1. The maximum Gasteiger partial charge on any atom is 0.337 e. The van der Waals surface area contributed by atoms with Crippen LogP contribution in [-0.2, 0) is 0 Å². The minimum Gasteiger partial charge on any atom is -0.478 e. The lowest BCUT2D eigenvalue weighted by Crippen LogP contribution is -1.97. The molecule has 0 saturated heterocycles. The average molecular weight is 284 g/mol. The minimum atomic E-state index is -0.988. The van der Waals surface area contributed by atoms with Gasteiger partial charge in [0.25, 0.3) is 0 Å². The summed E-state index contributed by atoms with van der Waals surface area (Å²) in [6.07, 6.45) is 2.99. The van der Waals surface area contributed by atoms with E-state index in [9.17, 15) is 4.79 Å². The van der Waals surface area contributed by atoms with Gasteiger partial charge in [-0.25, -0.2) is 4.79 Å². The number of aromatic carboxylic acids is 1. The van der Waals surface area contributed by atoms with E-state index in [1.54, 1.807) is 12.3 Å². The lowest BCUT2D eigenvalue weighted by Gasteiger charge is -2.08. The third-order valence-corrected chi connectivity index (χ3v) is 3.50. The van der Waals surface area contributed by atoms with Crippen LogP contribution in [0.5, 0.6) is 0 Å². The summed E-state index contributed by atoms with van der Waals surface area (Å²) in [7, 11) is 0. The molecule has 1 heterocycles. The Morgan fingerprint density at radius 2 is 1.80 bits per heavy atom. The molecule has 3 aromatic rings. The maximum atomic E-state index is 11.0. The number of pyridine rings is 1. The van der Waals surface area contributed by atoms with Crippen molar-refractivity contribution in [1.82, 2.24) is 4.98 Å². The fourth-order valence-electron chi connectivity index (χ4n) is 2.22. The van der Waals surface area contributed by atoms with Crippen LogP contribution in [0.25, 0.3) is 21.9 Å². The van der Waals surface area contributed by atoms with Gasteiger partial charge in [0.1, 0.15) is 0 Å². The minimum absolute atomic E-state index is 0.168. The molecule has 0 unspecified atom stereocenters. The highest BCUT2D eigenvalue weighted by Gasteiger charge is 2.09. The van der Waals surface area contributed by atoms with Gasteiger partial charge < -0.3 is 5.11 Å². The summed E-state index contributed by atoms with van der Waals surface area (Å²) in [4.78, 5) is 15.0. The van der Waals surface area contributed by atoms with E-state index in [0.717, 1.165) is 21.9 Å². The van der Waals surface area contributed by atoms with Gasteiger partial charge in [0.05, 0.1) is 5.56 Å². The number of carboxylic acid groups (broad SMARTS) is 1. The van der Waals surface area contributed by atoms with Crippen molar-refractivity contribution in [3.05, 3.63) is 65.4 Å². The van der Waals surface area contributed by atoms with Crippen molar-refractivity contribution in [2.24, 2.45) is 0 Å². The molecule has 1 N–H and O–H groups in total. The molecule has 20 heavy (non-hydrogen) atoms. The van der Waals surface area contributed by atoms with Gasteiger partial charge in [-0.05, 0) is 23.1 Å². The van der Waals surface area contributed by atoms with Gasteiger partial charge in [0.2, 0.25) is 0 Å². The van der Waals surface area contributed by atoms with Gasteiger partial charge in [-0.1, -0.05) is 41.9 Å². The Bertz CT molecular complexity index is 814. The van der Waals surface area contributed by atoms with Crippen LogP contribution in [0.15, 0.2) is 54.9 Å². The smallest absolute Gasteiger partial charge is 0.337 e. The SMILES string of the molecule is O=C(O)c1cncc(-c2ccc(Cl)c3ccccc23)c1. The number of hydrogen-bond donors (Lipinski definition) is 1. The Hall–Kier alpha value is -2.39. The van der Waals surface area contributed by atoms with Gasteiger partial charge in [-0.3, -0.25) is 4.98 Å². The fraction of sp³-hybridized carbons (Fsp3) is 0. The fourth-order valence-corrected chi connectivity index (χ4v) is 2.45. The summed E-state index contributed by atoms with van der Waals surface area (Å²) in [6, 6.07) is 13.1. The largest absolute Gasteiger partial charge is 0.478 e. The summed E-state index contributed by atoms with van der Waals surface area (Å²) in [5, 5.41) is 11.6. The number of benzene rings is 2. The van der Waals surface area contributed by atoms with Crippen molar-refractivity contribution in [1.29, 1.82) is 0 Å². The number of carboxylic acids is 1. The highest BCUT2D eigenvalue weighted by Crippen LogP contribution is 2.32. The van der Waals surface area contributed by atoms with E-state index in [4.69, 9.17) is 16.7 Å². The van der Waals surface area contributed by atoms with E-state index in [2.05, 4.69) is 4.98 Å². The van der Waals surface area contributed by atoms with E-state index in [1.807, 2.05) is 36.4 Å². The zero-order chi connectivity index (χ0) is 14.1. The molecule has 2 aromatic carbocycles. The second-order valence-electron chi connectivity index (χ2n) is 4.41. The van der Waals surface area contributed by atoms with Gasteiger partial charge in [-0.2, -0.15) is 0 Å². The standard InChI is InChI=1S/C16H10ClNO2/c17-15-6-5-12(13-3-1-2-4-14(13)15)10-7-11(16(19)20)9-18-8-10/h1-9H,(H,19,20). The van der Waals surface area contributed by atoms with Crippen LogP contribution in [0, 0.1) is 0 Å². The zero-order valence-corrected chi connectivity index (χ0v) is 11.1. The van der Waals surface area contributed by atoms with Crippen molar-refractivity contribution in [2.45, 2.75) is 0 Å². The van der Waals surface area contributed by atoms with E-state index in [1.165, 1.54) is 6.20 Å². The first-order chi connectivity index (χ1) is 9.66. The summed E-state index contributed by atoms with van der Waals surface area (Å²) < 4.78 is 0. The van der Waals surface area contributed by atoms with Crippen molar-refractivity contribution >= 4 is 28.3 Å². The van der Waals surface area contributed by atoms with Gasteiger partial charge >= 0.3 is 5.97 Å². The van der Waals surface area contributed by atoms with E-state index < -0.39 is 5.97 Å². The molecule has 4 heteroatoms. The molecule has 0 radical (unpaired) electrons. The Balaban J connectivity index is 2.27. The average Bonchev–Trinajstić information content (AvgIpc) is 2.48. The van der Waals surface area contributed by atoms with Crippen LogP contribution in [0.3, 0.4) is 0 Å². The van der Waals surface area contributed by atoms with E-state index in [-0.39, 0.29) is 5.56 Å². The third kappa shape index (κ3) is 2.12. The van der Waals surface area contributed by atoms with Crippen molar-refractivity contribution in [3.8, 4) is 11.1 Å². The van der Waals surface area contributed by atoms with Crippen LogP contribution in [0.2, 0.25) is 5.02 Å². The summed E-state index contributed by atoms with van der Waals surface area (Å²) in [5.74, 6) is -0.988. The molecular weight excluding hydrogens is 274 g/mol. The number of halogens is 1. The molecule has 0 saturated carbocycles. The third-order valence-electron chi connectivity index (χ3n) is 3.17. The van der Waals surface area contributed by atoms with Crippen LogP contribution in [0.4, 0.5) is 0 Å². The lowest BCUT2D eigenvalue weighted by atomic mass is 9.98. The van der Waals surface area contributed by atoms with Crippen LogP contribution < -0.4 is 0 Å². The van der Waals surface area contributed by atoms with Gasteiger partial charge in [-0.15, -0.1) is 0 Å². The molecule has 0 aliphatic heterocycles. The summed E-state index contributed by atoms with van der Waals surface area (Å²) >= 11 is 6.19. The van der Waals surface area contributed by atoms with E-state index >= 15 is 0 Å². The molecular formula is C16H10ClNO2. The molecule has 0 aliphatic rings. The Labute approximate surface area is 120 Å². The van der Waals surface area contributed by atoms with Gasteiger partial charge in [0.15, 0.2) is 0 Å². The van der Waals surface area contributed by atoms with Crippen molar-refractivity contribution in [2.75, 3.05) is 0 Å². The number of fused-ring (bicyclic) bond motifs is 1. The Morgan fingerprint density at radius 1 is 1.05 bits per heavy atom. The number of hydrogen-bond acceptors (Lipinski definition) is 2. The molecule has 0 atom stereocenters. The van der Waals surface area contributed by atoms with Crippen molar-refractivity contribution < 1.29 is 9.90 Å². The monoisotopic (exact) mass is 283 g/mol. The topological polar surface area (TPSA) is 50.2 Å². The molecule has 0 spiro atoms. The molecule has 98 valence electrons. The predicted molar refractivity (Wildman–Crippen MR) is 79.1 cm³/mol. The first kappa shape index (κ1) is 12.6. The molecule has 0 amide bonds. The van der Waals surface area contributed by atoms with E-state index in [0.29, 0.717) is 5.02 Å². The molecule has 3 nitrogen and oxygen atoms in total. The highest BCUT2D eigenvalue weighted by molar-refractivity contribution is 6.36. The molecule has 0 fully saturated rings. The normalized spacial score (nSPS) is 10.7.